The second-order valence-electron chi connectivity index (χ2n) is 7.24. The highest BCUT2D eigenvalue weighted by molar-refractivity contribution is 6.35. The third-order valence-electron chi connectivity index (χ3n) is 5.57. The molecule has 0 saturated carbocycles. The molecule has 2 aliphatic heterocycles. The van der Waals surface area contributed by atoms with E-state index in [4.69, 9.17) is 11.6 Å². The van der Waals surface area contributed by atoms with Crippen molar-refractivity contribution < 1.29 is 4.79 Å². The highest BCUT2D eigenvalue weighted by atomic mass is 35.5. The van der Waals surface area contributed by atoms with E-state index in [1.54, 1.807) is 0 Å². The van der Waals surface area contributed by atoms with E-state index in [9.17, 15) is 4.79 Å². The Labute approximate surface area is 156 Å². The molecule has 2 aliphatic rings. The van der Waals surface area contributed by atoms with Crippen LogP contribution in [0.15, 0.2) is 18.2 Å². The molecule has 6 nitrogen and oxygen atoms in total. The normalized spacial score (nSPS) is 17.4. The van der Waals surface area contributed by atoms with Crippen LogP contribution in [0.25, 0.3) is 10.9 Å². The van der Waals surface area contributed by atoms with Gasteiger partial charge in [-0.1, -0.05) is 23.7 Å². The summed E-state index contributed by atoms with van der Waals surface area (Å²) in [6.07, 6.45) is 1.72. The zero-order valence-electron chi connectivity index (χ0n) is 14.6. The molecule has 0 unspecified atom stereocenters. The third-order valence-corrected chi connectivity index (χ3v) is 5.89. The van der Waals surface area contributed by atoms with Crippen molar-refractivity contribution in [2.45, 2.75) is 25.9 Å². The fourth-order valence-electron chi connectivity index (χ4n) is 4.13. The molecule has 1 amide bonds. The Morgan fingerprint density at radius 2 is 2.00 bits per heavy atom. The molecule has 0 bridgehead atoms. The number of rotatable bonds is 1. The lowest BCUT2D eigenvalue weighted by Gasteiger charge is -2.28. The van der Waals surface area contributed by atoms with Gasteiger partial charge in [0, 0.05) is 66.9 Å². The van der Waals surface area contributed by atoms with Crippen molar-refractivity contribution >= 4 is 28.4 Å². The fraction of sp³-hybridized carbons (Fsp3) is 0.368. The number of para-hydroxylation sites is 1. The molecule has 7 heteroatoms. The zero-order chi connectivity index (χ0) is 17.8. The molecule has 0 saturated heterocycles. The van der Waals surface area contributed by atoms with E-state index in [1.165, 1.54) is 11.3 Å². The van der Waals surface area contributed by atoms with Crippen molar-refractivity contribution in [2.75, 3.05) is 20.1 Å². The lowest BCUT2D eigenvalue weighted by atomic mass is 10.0. The molecular weight excluding hydrogens is 350 g/mol. The molecule has 4 heterocycles. The van der Waals surface area contributed by atoms with E-state index in [2.05, 4.69) is 33.2 Å². The van der Waals surface area contributed by atoms with Gasteiger partial charge >= 0.3 is 0 Å². The van der Waals surface area contributed by atoms with Crippen LogP contribution in [0, 0.1) is 0 Å². The number of likely N-dealkylation sites (N-methyl/N-ethyl adjacent to an activating group) is 1. The SMILES string of the molecule is CN1CCc2[nH]nc(C(=O)N3CCc4[nH]c5c(Cl)cccc5c4C3)c2C1. The maximum atomic E-state index is 13.2. The highest BCUT2D eigenvalue weighted by Gasteiger charge is 2.30. The van der Waals surface area contributed by atoms with E-state index in [0.29, 0.717) is 18.8 Å². The predicted molar refractivity (Wildman–Crippen MR) is 100 cm³/mol. The minimum atomic E-state index is 0.0137. The zero-order valence-corrected chi connectivity index (χ0v) is 15.4. The first kappa shape index (κ1) is 15.9. The molecule has 3 aromatic rings. The van der Waals surface area contributed by atoms with Gasteiger partial charge in [-0.2, -0.15) is 5.10 Å². The minimum absolute atomic E-state index is 0.0137. The second-order valence-corrected chi connectivity index (χ2v) is 7.65. The van der Waals surface area contributed by atoms with Crippen LogP contribution in [-0.2, 0) is 25.9 Å². The topological polar surface area (TPSA) is 68.0 Å². The van der Waals surface area contributed by atoms with Gasteiger partial charge in [-0.05, 0) is 13.1 Å². The summed E-state index contributed by atoms with van der Waals surface area (Å²) >= 11 is 6.32. The average Bonchev–Trinajstić information content (AvgIpc) is 3.22. The van der Waals surface area contributed by atoms with Gasteiger partial charge in [-0.25, -0.2) is 0 Å². The molecule has 0 aliphatic carbocycles. The first-order valence-electron chi connectivity index (χ1n) is 8.93. The summed E-state index contributed by atoms with van der Waals surface area (Å²) in [5.74, 6) is 0.0137. The van der Waals surface area contributed by atoms with Crippen LogP contribution < -0.4 is 0 Å². The van der Waals surface area contributed by atoms with Gasteiger partial charge in [-0.15, -0.1) is 0 Å². The Morgan fingerprint density at radius 3 is 2.88 bits per heavy atom. The third kappa shape index (κ3) is 2.36. The van der Waals surface area contributed by atoms with Crippen LogP contribution in [-0.4, -0.2) is 51.0 Å². The van der Waals surface area contributed by atoms with Crippen LogP contribution in [0.4, 0.5) is 0 Å². The van der Waals surface area contributed by atoms with Crippen molar-refractivity contribution in [1.82, 2.24) is 25.0 Å². The number of halogens is 1. The molecule has 0 spiro atoms. The number of hydrogen-bond acceptors (Lipinski definition) is 3. The number of amides is 1. The first-order valence-corrected chi connectivity index (χ1v) is 9.31. The van der Waals surface area contributed by atoms with Crippen molar-refractivity contribution in [3.8, 4) is 0 Å². The molecule has 0 atom stereocenters. The van der Waals surface area contributed by atoms with Crippen LogP contribution in [0.3, 0.4) is 0 Å². The fourth-order valence-corrected chi connectivity index (χ4v) is 4.35. The molecular formula is C19H20ClN5O. The monoisotopic (exact) mass is 369 g/mol. The van der Waals surface area contributed by atoms with Crippen molar-refractivity contribution in [3.63, 3.8) is 0 Å². The number of hydrogen-bond donors (Lipinski definition) is 2. The number of aromatic amines is 2. The van der Waals surface area contributed by atoms with E-state index in [1.807, 2.05) is 17.0 Å². The van der Waals surface area contributed by atoms with Gasteiger partial charge in [0.1, 0.15) is 0 Å². The number of nitrogens with zero attached hydrogens (tertiary/aromatic N) is 3. The van der Waals surface area contributed by atoms with Crippen molar-refractivity contribution in [3.05, 3.63) is 51.4 Å². The number of benzene rings is 1. The van der Waals surface area contributed by atoms with Gasteiger partial charge in [-0.3, -0.25) is 9.89 Å². The predicted octanol–water partition coefficient (Wildman–Crippen LogP) is 2.73. The Hall–Kier alpha value is -2.31. The first-order chi connectivity index (χ1) is 12.6. The smallest absolute Gasteiger partial charge is 0.275 e. The highest BCUT2D eigenvalue weighted by Crippen LogP contribution is 2.32. The largest absolute Gasteiger partial charge is 0.357 e. The van der Waals surface area contributed by atoms with Gasteiger partial charge < -0.3 is 14.8 Å². The maximum absolute atomic E-state index is 13.2. The minimum Gasteiger partial charge on any atom is -0.357 e. The van der Waals surface area contributed by atoms with Crippen LogP contribution in [0.2, 0.25) is 5.02 Å². The Bertz CT molecular complexity index is 1020. The Kier molecular flexibility index (Phi) is 3.58. The summed E-state index contributed by atoms with van der Waals surface area (Å²) in [5, 5.41) is 9.25. The summed E-state index contributed by atoms with van der Waals surface area (Å²) in [6.45, 7) is 3.04. The molecule has 5 rings (SSSR count). The molecule has 0 fully saturated rings. The number of nitrogens with one attached hydrogen (secondary N) is 2. The molecule has 0 radical (unpaired) electrons. The number of carbonyl (C=O) groups is 1. The maximum Gasteiger partial charge on any atom is 0.275 e. The molecule has 2 aromatic heterocycles. The van der Waals surface area contributed by atoms with Gasteiger partial charge in [0.25, 0.3) is 5.91 Å². The molecule has 134 valence electrons. The van der Waals surface area contributed by atoms with E-state index in [-0.39, 0.29) is 5.91 Å². The molecule has 26 heavy (non-hydrogen) atoms. The summed E-state index contributed by atoms with van der Waals surface area (Å²) in [7, 11) is 2.08. The van der Waals surface area contributed by atoms with Crippen LogP contribution >= 0.6 is 11.6 Å². The number of fused-ring (bicyclic) bond motifs is 4. The lowest BCUT2D eigenvalue weighted by Crippen LogP contribution is -2.37. The average molecular weight is 370 g/mol. The van der Waals surface area contributed by atoms with E-state index in [0.717, 1.165) is 53.1 Å². The second kappa shape index (κ2) is 5.86. The van der Waals surface area contributed by atoms with Gasteiger partial charge in [0.15, 0.2) is 5.69 Å². The number of carbonyl (C=O) groups excluding carboxylic acids is 1. The molecule has 2 N–H and O–H groups in total. The Morgan fingerprint density at radius 1 is 1.15 bits per heavy atom. The van der Waals surface area contributed by atoms with Crippen molar-refractivity contribution in [1.29, 1.82) is 0 Å². The van der Waals surface area contributed by atoms with E-state index < -0.39 is 0 Å². The standard InChI is InChI=1S/C19H20ClN5O/c1-24-7-5-16-13(9-24)18(23-22-16)19(26)25-8-6-15-12(10-25)11-3-2-4-14(20)17(11)21-15/h2-4,21H,5-10H2,1H3,(H,22,23). The van der Waals surface area contributed by atoms with Crippen LogP contribution in [0.1, 0.15) is 33.0 Å². The quantitative estimate of drug-likeness (QED) is 0.693. The number of aromatic nitrogens is 3. The van der Waals surface area contributed by atoms with Gasteiger partial charge in [0.2, 0.25) is 0 Å². The van der Waals surface area contributed by atoms with Gasteiger partial charge in [0.05, 0.1) is 10.5 Å². The Balaban J connectivity index is 1.48. The van der Waals surface area contributed by atoms with Crippen LogP contribution in [0.5, 0.6) is 0 Å². The number of H-pyrrole nitrogens is 2. The summed E-state index contributed by atoms with van der Waals surface area (Å²) in [5.41, 5.74) is 6.05. The van der Waals surface area contributed by atoms with Crippen molar-refractivity contribution in [2.24, 2.45) is 0 Å². The summed E-state index contributed by atoms with van der Waals surface area (Å²) < 4.78 is 0. The van der Waals surface area contributed by atoms with E-state index >= 15 is 0 Å². The lowest BCUT2D eigenvalue weighted by molar-refractivity contribution is 0.0727. The summed E-state index contributed by atoms with van der Waals surface area (Å²) in [4.78, 5) is 20.7. The summed E-state index contributed by atoms with van der Waals surface area (Å²) in [6, 6.07) is 5.91. The molecule has 1 aromatic carbocycles.